The van der Waals surface area contributed by atoms with Gasteiger partial charge in [-0.3, -0.25) is 0 Å². The lowest BCUT2D eigenvalue weighted by Crippen LogP contribution is -2.25. The van der Waals surface area contributed by atoms with Crippen LogP contribution in [-0.4, -0.2) is 6.54 Å². The molecule has 0 saturated carbocycles. The van der Waals surface area contributed by atoms with Crippen LogP contribution in [0.2, 0.25) is 0 Å². The Balaban J connectivity index is 2.63. The average Bonchev–Trinajstić information content (AvgIpc) is 2.33. The zero-order valence-corrected chi connectivity index (χ0v) is 12.0. The third-order valence-corrected chi connectivity index (χ3v) is 3.77. The van der Waals surface area contributed by atoms with Gasteiger partial charge in [-0.15, -0.1) is 0 Å². The first kappa shape index (κ1) is 14.2. The van der Waals surface area contributed by atoms with Crippen LogP contribution in [0, 0.1) is 19.8 Å². The van der Waals surface area contributed by atoms with Crippen LogP contribution in [0.5, 0.6) is 0 Å². The van der Waals surface area contributed by atoms with E-state index in [9.17, 15) is 0 Å². The highest BCUT2D eigenvalue weighted by molar-refractivity contribution is 5.32. The second-order valence-corrected chi connectivity index (χ2v) is 5.17. The molecule has 1 rings (SSSR count). The van der Waals surface area contributed by atoms with E-state index in [1.165, 1.54) is 29.5 Å². The molecule has 0 saturated heterocycles. The number of benzene rings is 1. The average molecular weight is 233 g/mol. The van der Waals surface area contributed by atoms with Gasteiger partial charge in [0.2, 0.25) is 0 Å². The lowest BCUT2D eigenvalue weighted by atomic mass is 9.98. The van der Waals surface area contributed by atoms with Crippen LogP contribution in [-0.2, 0) is 0 Å². The lowest BCUT2D eigenvalue weighted by molar-refractivity contribution is 0.422. The second-order valence-electron chi connectivity index (χ2n) is 5.17. The molecule has 0 heterocycles. The molecule has 0 bridgehead atoms. The highest BCUT2D eigenvalue weighted by Crippen LogP contribution is 2.19. The van der Waals surface area contributed by atoms with Gasteiger partial charge in [-0.05, 0) is 44.4 Å². The monoisotopic (exact) mass is 233 g/mol. The molecule has 1 aromatic carbocycles. The highest BCUT2D eigenvalue weighted by Gasteiger charge is 2.10. The first-order chi connectivity index (χ1) is 8.08. The van der Waals surface area contributed by atoms with Gasteiger partial charge in [-0.2, -0.15) is 0 Å². The molecule has 1 unspecified atom stereocenters. The summed E-state index contributed by atoms with van der Waals surface area (Å²) in [6.45, 7) is 12.3. The molecule has 1 N–H and O–H groups in total. The van der Waals surface area contributed by atoms with Crippen molar-refractivity contribution in [1.82, 2.24) is 5.32 Å². The molecule has 17 heavy (non-hydrogen) atoms. The van der Waals surface area contributed by atoms with Crippen molar-refractivity contribution in [1.29, 1.82) is 0 Å². The third-order valence-electron chi connectivity index (χ3n) is 3.77. The summed E-state index contributed by atoms with van der Waals surface area (Å²) >= 11 is 0. The zero-order valence-electron chi connectivity index (χ0n) is 12.0. The molecular formula is C16H27N. The summed E-state index contributed by atoms with van der Waals surface area (Å²) in [5.41, 5.74) is 4.18. The molecule has 0 spiro atoms. The molecule has 96 valence electrons. The van der Waals surface area contributed by atoms with E-state index in [0.717, 1.165) is 12.5 Å². The molecule has 0 amide bonds. The van der Waals surface area contributed by atoms with Crippen molar-refractivity contribution in [3.63, 3.8) is 0 Å². The van der Waals surface area contributed by atoms with Crippen LogP contribution >= 0.6 is 0 Å². The minimum absolute atomic E-state index is 0.454. The maximum atomic E-state index is 3.67. The van der Waals surface area contributed by atoms with E-state index in [-0.39, 0.29) is 0 Å². The fourth-order valence-corrected chi connectivity index (χ4v) is 2.26. The third kappa shape index (κ3) is 4.16. The predicted molar refractivity (Wildman–Crippen MR) is 76.4 cm³/mol. The van der Waals surface area contributed by atoms with Crippen LogP contribution in [0.15, 0.2) is 18.2 Å². The van der Waals surface area contributed by atoms with Crippen LogP contribution < -0.4 is 5.32 Å². The maximum absolute atomic E-state index is 3.67. The Morgan fingerprint density at radius 3 is 2.35 bits per heavy atom. The van der Waals surface area contributed by atoms with E-state index in [2.05, 4.69) is 58.1 Å². The fraction of sp³-hybridized carbons (Fsp3) is 0.625. The van der Waals surface area contributed by atoms with Crippen molar-refractivity contribution >= 4 is 0 Å². The molecule has 1 aromatic rings. The van der Waals surface area contributed by atoms with Crippen molar-refractivity contribution in [2.24, 2.45) is 5.92 Å². The topological polar surface area (TPSA) is 12.0 Å². The summed E-state index contributed by atoms with van der Waals surface area (Å²) < 4.78 is 0. The summed E-state index contributed by atoms with van der Waals surface area (Å²) in [5, 5.41) is 3.67. The van der Waals surface area contributed by atoms with Gasteiger partial charge in [-0.1, -0.05) is 50.5 Å². The summed E-state index contributed by atoms with van der Waals surface area (Å²) in [6.07, 6.45) is 2.53. The second kappa shape index (κ2) is 6.80. The Labute approximate surface area is 107 Å². The van der Waals surface area contributed by atoms with Crippen molar-refractivity contribution in [2.75, 3.05) is 6.54 Å². The summed E-state index contributed by atoms with van der Waals surface area (Å²) in [7, 11) is 0. The normalized spacial score (nSPS) is 13.1. The number of hydrogen-bond donors (Lipinski definition) is 1. The fourth-order valence-electron chi connectivity index (χ4n) is 2.26. The van der Waals surface area contributed by atoms with Crippen LogP contribution in [0.4, 0.5) is 0 Å². The largest absolute Gasteiger partial charge is 0.310 e. The minimum atomic E-state index is 0.454. The first-order valence-electron chi connectivity index (χ1n) is 6.89. The van der Waals surface area contributed by atoms with Gasteiger partial charge in [0.05, 0.1) is 0 Å². The Morgan fingerprint density at radius 1 is 1.12 bits per heavy atom. The quantitative estimate of drug-likeness (QED) is 0.768. The summed E-state index contributed by atoms with van der Waals surface area (Å²) in [6, 6.07) is 7.17. The number of rotatable bonds is 6. The van der Waals surface area contributed by atoms with Gasteiger partial charge in [0.15, 0.2) is 0 Å². The summed E-state index contributed by atoms with van der Waals surface area (Å²) in [5.74, 6) is 0.808. The maximum Gasteiger partial charge on any atom is 0.0294 e. The van der Waals surface area contributed by atoms with E-state index >= 15 is 0 Å². The number of aryl methyl sites for hydroxylation is 2. The van der Waals surface area contributed by atoms with Crippen molar-refractivity contribution in [2.45, 2.75) is 53.5 Å². The van der Waals surface area contributed by atoms with Crippen LogP contribution in [0.25, 0.3) is 0 Å². The molecule has 0 fully saturated rings. The molecule has 0 radical (unpaired) electrons. The van der Waals surface area contributed by atoms with Crippen molar-refractivity contribution in [3.8, 4) is 0 Å². The van der Waals surface area contributed by atoms with E-state index in [1.807, 2.05) is 0 Å². The Morgan fingerprint density at radius 2 is 1.76 bits per heavy atom. The molecule has 0 aliphatic rings. The standard InChI is InChI=1S/C16H27N/c1-6-15(7-2)11-17-14(5)16-10-12(3)8-9-13(16)4/h8-10,14-15,17H,6-7,11H2,1-5H3. The molecule has 1 heteroatoms. The first-order valence-corrected chi connectivity index (χ1v) is 6.89. The minimum Gasteiger partial charge on any atom is -0.310 e. The van der Waals surface area contributed by atoms with E-state index in [4.69, 9.17) is 0 Å². The van der Waals surface area contributed by atoms with Crippen molar-refractivity contribution < 1.29 is 0 Å². The van der Waals surface area contributed by atoms with Crippen LogP contribution in [0.3, 0.4) is 0 Å². The van der Waals surface area contributed by atoms with E-state index in [1.54, 1.807) is 0 Å². The number of nitrogens with one attached hydrogen (secondary N) is 1. The molecule has 0 aromatic heterocycles. The Bertz CT molecular complexity index is 339. The van der Waals surface area contributed by atoms with Gasteiger partial charge in [0, 0.05) is 6.04 Å². The number of hydrogen-bond acceptors (Lipinski definition) is 1. The van der Waals surface area contributed by atoms with Gasteiger partial charge < -0.3 is 5.32 Å². The lowest BCUT2D eigenvalue weighted by Gasteiger charge is -2.20. The highest BCUT2D eigenvalue weighted by atomic mass is 14.9. The van der Waals surface area contributed by atoms with E-state index < -0.39 is 0 Å². The smallest absolute Gasteiger partial charge is 0.0294 e. The molecule has 0 aliphatic heterocycles. The molecule has 1 atom stereocenters. The van der Waals surface area contributed by atoms with Gasteiger partial charge >= 0.3 is 0 Å². The predicted octanol–water partition coefficient (Wildman–Crippen LogP) is 4.39. The van der Waals surface area contributed by atoms with Crippen molar-refractivity contribution in [3.05, 3.63) is 34.9 Å². The summed E-state index contributed by atoms with van der Waals surface area (Å²) in [4.78, 5) is 0. The molecular weight excluding hydrogens is 206 g/mol. The Kier molecular flexibility index (Phi) is 5.70. The van der Waals surface area contributed by atoms with Gasteiger partial charge in [-0.25, -0.2) is 0 Å². The van der Waals surface area contributed by atoms with Crippen LogP contribution in [0.1, 0.15) is 56.3 Å². The zero-order chi connectivity index (χ0) is 12.8. The van der Waals surface area contributed by atoms with Gasteiger partial charge in [0.1, 0.15) is 0 Å². The van der Waals surface area contributed by atoms with Gasteiger partial charge in [0.25, 0.3) is 0 Å². The van der Waals surface area contributed by atoms with E-state index in [0.29, 0.717) is 6.04 Å². The molecule has 1 nitrogen and oxygen atoms in total. The Hall–Kier alpha value is -0.820. The SMILES string of the molecule is CCC(CC)CNC(C)c1cc(C)ccc1C. The molecule has 0 aliphatic carbocycles.